The molecule has 1 heterocycles. The maximum Gasteiger partial charge on any atom is 0.284 e. The molecule has 0 fully saturated rings. The van der Waals surface area contributed by atoms with Crippen molar-refractivity contribution in [3.05, 3.63) is 66.9 Å². The first-order chi connectivity index (χ1) is 13.9. The summed E-state index contributed by atoms with van der Waals surface area (Å²) in [6.45, 7) is 0.475. The van der Waals surface area contributed by atoms with Gasteiger partial charge in [0.05, 0.1) is 16.6 Å². The van der Waals surface area contributed by atoms with Crippen LogP contribution in [0.4, 0.5) is 5.69 Å². The Balaban J connectivity index is 1.77. The maximum absolute atomic E-state index is 13.4. The average Bonchev–Trinajstić information content (AvgIpc) is 3.15. The van der Waals surface area contributed by atoms with Crippen molar-refractivity contribution in [2.45, 2.75) is 11.3 Å². The van der Waals surface area contributed by atoms with Crippen LogP contribution in [0.3, 0.4) is 0 Å². The van der Waals surface area contributed by atoms with Gasteiger partial charge >= 0.3 is 0 Å². The van der Waals surface area contributed by atoms with E-state index in [1.807, 2.05) is 42.3 Å². The van der Waals surface area contributed by atoms with Gasteiger partial charge in [-0.3, -0.25) is 4.79 Å². The van der Waals surface area contributed by atoms with Gasteiger partial charge in [-0.25, -0.2) is 0 Å². The summed E-state index contributed by atoms with van der Waals surface area (Å²) in [6, 6.07) is 17.9. The van der Waals surface area contributed by atoms with Gasteiger partial charge in [-0.15, -0.1) is 0 Å². The van der Waals surface area contributed by atoms with Crippen LogP contribution in [0.2, 0.25) is 0 Å². The SMILES string of the molecule is CN(CCC(N)=O)c1ccc2c(cnn2S(=O)(=O)c2cccc3ccccc23)c1. The normalized spacial score (nSPS) is 11.8. The van der Waals surface area contributed by atoms with Crippen molar-refractivity contribution in [2.75, 3.05) is 18.5 Å². The highest BCUT2D eigenvalue weighted by atomic mass is 32.2. The third-order valence-electron chi connectivity index (χ3n) is 4.91. The molecule has 4 rings (SSSR count). The molecule has 0 saturated heterocycles. The highest BCUT2D eigenvalue weighted by Gasteiger charge is 2.22. The zero-order valence-corrected chi connectivity index (χ0v) is 16.6. The molecule has 0 aliphatic heterocycles. The Labute approximate surface area is 168 Å². The first kappa shape index (κ1) is 18.9. The molecular formula is C21H20N4O3S. The lowest BCUT2D eigenvalue weighted by molar-refractivity contribution is -0.117. The Morgan fingerprint density at radius 2 is 1.83 bits per heavy atom. The standard InChI is InChI=1S/C21H20N4O3S/c1-24(12-11-21(22)26)17-9-10-19-16(13-17)14-23-25(19)29(27,28)20-8-4-6-15-5-2-3-7-18(15)20/h2-10,13-14H,11-12H2,1H3,(H2,22,26). The fraction of sp³-hybridized carbons (Fsp3) is 0.143. The molecule has 2 N–H and O–H groups in total. The predicted octanol–water partition coefficient (Wildman–Crippen LogP) is 2.74. The number of carbonyl (C=O) groups excluding carboxylic acids is 1. The zero-order chi connectivity index (χ0) is 20.6. The number of amides is 1. The van der Waals surface area contributed by atoms with Crippen LogP contribution in [0.15, 0.2) is 71.8 Å². The van der Waals surface area contributed by atoms with E-state index in [9.17, 15) is 13.2 Å². The summed E-state index contributed by atoms with van der Waals surface area (Å²) in [5.74, 6) is -0.369. The summed E-state index contributed by atoms with van der Waals surface area (Å²) < 4.78 is 27.8. The molecule has 29 heavy (non-hydrogen) atoms. The lowest BCUT2D eigenvalue weighted by Crippen LogP contribution is -2.24. The number of fused-ring (bicyclic) bond motifs is 2. The number of hydrogen-bond acceptors (Lipinski definition) is 5. The molecule has 7 nitrogen and oxygen atoms in total. The van der Waals surface area contributed by atoms with Crippen molar-refractivity contribution in [3.8, 4) is 0 Å². The molecule has 0 aliphatic carbocycles. The number of benzene rings is 3. The fourth-order valence-corrected chi connectivity index (χ4v) is 4.84. The van der Waals surface area contributed by atoms with Crippen molar-refractivity contribution in [1.29, 1.82) is 0 Å². The molecule has 1 amide bonds. The minimum Gasteiger partial charge on any atom is -0.374 e. The largest absolute Gasteiger partial charge is 0.374 e. The van der Waals surface area contributed by atoms with E-state index in [-0.39, 0.29) is 17.2 Å². The van der Waals surface area contributed by atoms with E-state index in [4.69, 9.17) is 5.73 Å². The molecule has 0 aliphatic rings. The van der Waals surface area contributed by atoms with Crippen molar-refractivity contribution < 1.29 is 13.2 Å². The molecule has 0 unspecified atom stereocenters. The molecule has 4 aromatic rings. The van der Waals surface area contributed by atoms with Crippen molar-refractivity contribution in [2.24, 2.45) is 5.73 Å². The lowest BCUT2D eigenvalue weighted by Gasteiger charge is -2.18. The van der Waals surface area contributed by atoms with Crippen LogP contribution in [0.1, 0.15) is 6.42 Å². The molecule has 148 valence electrons. The second-order valence-corrected chi connectivity index (χ2v) is 8.59. The summed E-state index contributed by atoms with van der Waals surface area (Å²) in [4.78, 5) is 13.1. The quantitative estimate of drug-likeness (QED) is 0.529. The molecule has 3 aromatic carbocycles. The van der Waals surface area contributed by atoms with Crippen LogP contribution in [0.5, 0.6) is 0 Å². The Morgan fingerprint density at radius 1 is 1.07 bits per heavy atom. The minimum absolute atomic E-state index is 0.211. The van der Waals surface area contributed by atoms with Gasteiger partial charge in [0.1, 0.15) is 0 Å². The summed E-state index contributed by atoms with van der Waals surface area (Å²) in [7, 11) is -2.02. The van der Waals surface area contributed by atoms with Gasteiger partial charge in [-0.2, -0.15) is 17.6 Å². The van der Waals surface area contributed by atoms with Crippen LogP contribution in [-0.4, -0.2) is 37.1 Å². The predicted molar refractivity (Wildman–Crippen MR) is 113 cm³/mol. The van der Waals surface area contributed by atoms with Crippen molar-refractivity contribution in [3.63, 3.8) is 0 Å². The zero-order valence-electron chi connectivity index (χ0n) is 15.8. The van der Waals surface area contributed by atoms with Gasteiger partial charge in [0, 0.05) is 36.5 Å². The second kappa shape index (κ2) is 7.21. The topological polar surface area (TPSA) is 98.3 Å². The fourth-order valence-electron chi connectivity index (χ4n) is 3.35. The van der Waals surface area contributed by atoms with E-state index in [2.05, 4.69) is 5.10 Å². The Bertz CT molecular complexity index is 1320. The minimum atomic E-state index is -3.87. The van der Waals surface area contributed by atoms with Gasteiger partial charge in [-0.1, -0.05) is 36.4 Å². The smallest absolute Gasteiger partial charge is 0.284 e. The van der Waals surface area contributed by atoms with Gasteiger partial charge < -0.3 is 10.6 Å². The molecule has 0 radical (unpaired) electrons. The maximum atomic E-state index is 13.4. The average molecular weight is 408 g/mol. The molecule has 0 spiro atoms. The highest BCUT2D eigenvalue weighted by Crippen LogP contribution is 2.28. The van der Waals surface area contributed by atoms with Crippen molar-refractivity contribution in [1.82, 2.24) is 9.19 Å². The lowest BCUT2D eigenvalue weighted by atomic mass is 10.1. The van der Waals surface area contributed by atoms with Crippen molar-refractivity contribution >= 4 is 43.3 Å². The van der Waals surface area contributed by atoms with Crippen LogP contribution in [0, 0.1) is 0 Å². The van der Waals surface area contributed by atoms with E-state index in [1.54, 1.807) is 30.3 Å². The van der Waals surface area contributed by atoms with Gasteiger partial charge in [-0.05, 0) is 29.7 Å². The van der Waals surface area contributed by atoms with E-state index in [0.29, 0.717) is 22.8 Å². The molecule has 1 aromatic heterocycles. The third-order valence-corrected chi connectivity index (χ3v) is 6.57. The van der Waals surface area contributed by atoms with E-state index < -0.39 is 10.0 Å². The number of anilines is 1. The summed E-state index contributed by atoms with van der Waals surface area (Å²) in [6.07, 6.45) is 1.77. The van der Waals surface area contributed by atoms with Crippen LogP contribution in [-0.2, 0) is 14.8 Å². The van der Waals surface area contributed by atoms with Crippen LogP contribution in [0.25, 0.3) is 21.7 Å². The van der Waals surface area contributed by atoms with Crippen LogP contribution >= 0.6 is 0 Å². The van der Waals surface area contributed by atoms with Crippen LogP contribution < -0.4 is 10.6 Å². The van der Waals surface area contributed by atoms with Gasteiger partial charge in [0.15, 0.2) is 0 Å². The number of carbonyl (C=O) groups is 1. The summed E-state index contributed by atoms with van der Waals surface area (Å²) >= 11 is 0. The van der Waals surface area contributed by atoms with E-state index in [1.165, 1.54) is 6.20 Å². The monoisotopic (exact) mass is 408 g/mol. The van der Waals surface area contributed by atoms with E-state index >= 15 is 0 Å². The number of nitrogens with two attached hydrogens (primary N) is 1. The first-order valence-corrected chi connectivity index (χ1v) is 10.5. The molecule has 8 heteroatoms. The summed E-state index contributed by atoms with van der Waals surface area (Å²) in [5.41, 5.74) is 6.55. The molecule has 0 saturated carbocycles. The third kappa shape index (κ3) is 3.42. The second-order valence-electron chi connectivity index (χ2n) is 6.85. The number of nitrogens with zero attached hydrogens (tertiary/aromatic N) is 3. The van der Waals surface area contributed by atoms with Gasteiger partial charge in [0.2, 0.25) is 5.91 Å². The number of primary amides is 1. The number of rotatable bonds is 6. The first-order valence-electron chi connectivity index (χ1n) is 9.08. The Hall–Kier alpha value is -3.39. The molecule has 0 bridgehead atoms. The van der Waals surface area contributed by atoms with Gasteiger partial charge in [0.25, 0.3) is 10.0 Å². The Kier molecular flexibility index (Phi) is 4.71. The molecular weight excluding hydrogens is 388 g/mol. The number of aromatic nitrogens is 2. The highest BCUT2D eigenvalue weighted by molar-refractivity contribution is 7.90. The van der Waals surface area contributed by atoms with E-state index in [0.717, 1.165) is 15.2 Å². The summed E-state index contributed by atoms with van der Waals surface area (Å²) in [5, 5.41) is 6.36. The number of hydrogen-bond donors (Lipinski definition) is 1. The molecule has 0 atom stereocenters. The Morgan fingerprint density at radius 3 is 2.62 bits per heavy atom.